The molecule has 1 aromatic heterocycles. The van der Waals surface area contributed by atoms with E-state index in [9.17, 15) is 9.59 Å². The zero-order chi connectivity index (χ0) is 22.5. The van der Waals surface area contributed by atoms with E-state index in [0.29, 0.717) is 16.9 Å². The number of hydrogen-bond donors (Lipinski definition) is 0. The molecule has 6 heteroatoms. The van der Waals surface area contributed by atoms with Crippen molar-refractivity contribution in [3.8, 4) is 22.6 Å². The predicted octanol–water partition coefficient (Wildman–Crippen LogP) is 5.15. The maximum absolute atomic E-state index is 12.5. The van der Waals surface area contributed by atoms with Crippen molar-refractivity contribution in [1.82, 2.24) is 0 Å². The van der Waals surface area contributed by atoms with Crippen molar-refractivity contribution in [3.63, 3.8) is 0 Å². The molecule has 4 aromatic rings. The number of carbonyl (C=O) groups is 1. The molecular formula is C26H22O6. The summed E-state index contributed by atoms with van der Waals surface area (Å²) in [6.07, 6.45) is -0.940. The standard InChI is InChI=1S/C26H22O6/c1-3-30-26(28)25(18-7-5-4-6-8-18)31-20-13-14-21-22(16-24(27)32-23(21)15-20)17-9-11-19(29-2)12-10-17/h4-16,25H,3H2,1-2H3/t25-/m0/s1. The van der Waals surface area contributed by atoms with Crippen molar-refractivity contribution >= 4 is 16.9 Å². The molecule has 0 N–H and O–H groups in total. The Morgan fingerprint density at radius 3 is 2.34 bits per heavy atom. The fraction of sp³-hybridized carbons (Fsp3) is 0.154. The third-order valence-electron chi connectivity index (χ3n) is 4.97. The van der Waals surface area contributed by atoms with E-state index in [-0.39, 0.29) is 6.61 Å². The van der Waals surface area contributed by atoms with E-state index in [2.05, 4.69) is 0 Å². The Hall–Kier alpha value is -4.06. The summed E-state index contributed by atoms with van der Waals surface area (Å²) in [6, 6.07) is 23.1. The van der Waals surface area contributed by atoms with Crippen LogP contribution in [0.3, 0.4) is 0 Å². The normalized spacial score (nSPS) is 11.7. The predicted molar refractivity (Wildman–Crippen MR) is 121 cm³/mol. The van der Waals surface area contributed by atoms with Crippen LogP contribution in [0.4, 0.5) is 0 Å². The van der Waals surface area contributed by atoms with Crippen LogP contribution in [0, 0.1) is 0 Å². The highest BCUT2D eigenvalue weighted by molar-refractivity contribution is 5.93. The second kappa shape index (κ2) is 9.39. The number of methoxy groups -OCH3 is 1. The van der Waals surface area contributed by atoms with Crippen LogP contribution in [0.15, 0.2) is 88.1 Å². The van der Waals surface area contributed by atoms with Gasteiger partial charge >= 0.3 is 11.6 Å². The molecular weight excluding hydrogens is 408 g/mol. The molecule has 0 saturated heterocycles. The van der Waals surface area contributed by atoms with E-state index in [1.54, 1.807) is 44.4 Å². The SMILES string of the molecule is CCOC(=O)[C@@H](Oc1ccc2c(-c3ccc(OC)cc3)cc(=O)oc2c1)c1ccccc1. The molecule has 0 unspecified atom stereocenters. The molecule has 0 amide bonds. The van der Waals surface area contributed by atoms with Gasteiger partial charge in [0.05, 0.1) is 13.7 Å². The van der Waals surface area contributed by atoms with Gasteiger partial charge in [-0.1, -0.05) is 42.5 Å². The summed E-state index contributed by atoms with van der Waals surface area (Å²) < 4.78 is 21.8. The van der Waals surface area contributed by atoms with Gasteiger partial charge in [-0.2, -0.15) is 0 Å². The molecule has 3 aromatic carbocycles. The fourth-order valence-corrected chi connectivity index (χ4v) is 3.46. The van der Waals surface area contributed by atoms with Gasteiger partial charge < -0.3 is 18.6 Å². The molecule has 0 fully saturated rings. The molecule has 0 aliphatic rings. The smallest absolute Gasteiger partial charge is 0.352 e. The van der Waals surface area contributed by atoms with Crippen LogP contribution in [-0.4, -0.2) is 19.7 Å². The summed E-state index contributed by atoms with van der Waals surface area (Å²) in [5.74, 6) is 0.615. The van der Waals surface area contributed by atoms with Crippen molar-refractivity contribution in [2.45, 2.75) is 13.0 Å². The summed E-state index contributed by atoms with van der Waals surface area (Å²) in [4.78, 5) is 24.8. The van der Waals surface area contributed by atoms with Crippen molar-refractivity contribution < 1.29 is 23.4 Å². The number of esters is 1. The summed E-state index contributed by atoms with van der Waals surface area (Å²) in [5, 5.41) is 0.745. The van der Waals surface area contributed by atoms with E-state index in [0.717, 1.165) is 22.3 Å². The Kier molecular flexibility index (Phi) is 6.22. The third kappa shape index (κ3) is 4.49. The lowest BCUT2D eigenvalue weighted by Gasteiger charge is -2.18. The molecule has 0 bridgehead atoms. The molecule has 1 heterocycles. The minimum atomic E-state index is -0.940. The maximum atomic E-state index is 12.5. The van der Waals surface area contributed by atoms with E-state index in [1.165, 1.54) is 6.07 Å². The average Bonchev–Trinajstić information content (AvgIpc) is 2.82. The topological polar surface area (TPSA) is 75.0 Å². The number of rotatable bonds is 7. The van der Waals surface area contributed by atoms with Crippen LogP contribution in [0.1, 0.15) is 18.6 Å². The Morgan fingerprint density at radius 1 is 0.938 bits per heavy atom. The van der Waals surface area contributed by atoms with E-state index in [4.69, 9.17) is 18.6 Å². The fourth-order valence-electron chi connectivity index (χ4n) is 3.46. The summed E-state index contributed by atoms with van der Waals surface area (Å²) in [5.41, 5.74) is 2.13. The third-order valence-corrected chi connectivity index (χ3v) is 4.97. The number of hydrogen-bond acceptors (Lipinski definition) is 6. The summed E-state index contributed by atoms with van der Waals surface area (Å²) in [7, 11) is 1.60. The first-order chi connectivity index (χ1) is 15.6. The molecule has 1 atom stereocenters. The average molecular weight is 430 g/mol. The highest BCUT2D eigenvalue weighted by atomic mass is 16.6. The highest BCUT2D eigenvalue weighted by Crippen LogP contribution is 2.32. The Morgan fingerprint density at radius 2 is 1.66 bits per heavy atom. The van der Waals surface area contributed by atoms with Crippen LogP contribution in [0.2, 0.25) is 0 Å². The zero-order valence-corrected chi connectivity index (χ0v) is 17.7. The van der Waals surface area contributed by atoms with Crippen LogP contribution >= 0.6 is 0 Å². The number of ether oxygens (including phenoxy) is 3. The number of carbonyl (C=O) groups excluding carboxylic acids is 1. The van der Waals surface area contributed by atoms with E-state index in [1.807, 2.05) is 42.5 Å². The van der Waals surface area contributed by atoms with Gasteiger partial charge in [0, 0.05) is 23.1 Å². The monoisotopic (exact) mass is 430 g/mol. The van der Waals surface area contributed by atoms with E-state index < -0.39 is 17.7 Å². The Balaban J connectivity index is 1.72. The molecule has 0 radical (unpaired) electrons. The second-order valence-electron chi connectivity index (χ2n) is 7.03. The number of benzene rings is 3. The largest absolute Gasteiger partial charge is 0.497 e. The lowest BCUT2D eigenvalue weighted by atomic mass is 10.0. The molecule has 0 aliphatic carbocycles. The first kappa shape index (κ1) is 21.2. The van der Waals surface area contributed by atoms with Gasteiger partial charge in [-0.25, -0.2) is 9.59 Å². The van der Waals surface area contributed by atoms with E-state index >= 15 is 0 Å². The Labute approximate surface area is 185 Å². The van der Waals surface area contributed by atoms with Gasteiger partial charge in [-0.05, 0) is 42.3 Å². The molecule has 162 valence electrons. The minimum Gasteiger partial charge on any atom is -0.497 e. The summed E-state index contributed by atoms with van der Waals surface area (Å²) in [6.45, 7) is 1.98. The van der Waals surface area contributed by atoms with Gasteiger partial charge in [0.2, 0.25) is 6.10 Å². The van der Waals surface area contributed by atoms with Crippen molar-refractivity contribution in [1.29, 1.82) is 0 Å². The second-order valence-corrected chi connectivity index (χ2v) is 7.03. The first-order valence-corrected chi connectivity index (χ1v) is 10.2. The molecule has 6 nitrogen and oxygen atoms in total. The van der Waals surface area contributed by atoms with Crippen LogP contribution in [0.25, 0.3) is 22.1 Å². The molecule has 4 rings (SSSR count). The molecule has 0 aliphatic heterocycles. The first-order valence-electron chi connectivity index (χ1n) is 10.2. The lowest BCUT2D eigenvalue weighted by Crippen LogP contribution is -2.21. The van der Waals surface area contributed by atoms with Crippen molar-refractivity contribution in [2.75, 3.05) is 13.7 Å². The van der Waals surface area contributed by atoms with Crippen LogP contribution < -0.4 is 15.1 Å². The van der Waals surface area contributed by atoms with Gasteiger partial charge in [0.15, 0.2) is 0 Å². The zero-order valence-electron chi connectivity index (χ0n) is 17.7. The molecule has 32 heavy (non-hydrogen) atoms. The molecule has 0 saturated carbocycles. The minimum absolute atomic E-state index is 0.239. The van der Waals surface area contributed by atoms with Crippen molar-refractivity contribution in [3.05, 3.63) is 94.8 Å². The maximum Gasteiger partial charge on any atom is 0.352 e. The molecule has 0 spiro atoms. The highest BCUT2D eigenvalue weighted by Gasteiger charge is 2.24. The van der Waals surface area contributed by atoms with Gasteiger partial charge in [0.25, 0.3) is 0 Å². The van der Waals surface area contributed by atoms with Crippen molar-refractivity contribution in [2.24, 2.45) is 0 Å². The number of fused-ring (bicyclic) bond motifs is 1. The van der Waals surface area contributed by atoms with Gasteiger partial charge in [0.1, 0.15) is 17.1 Å². The Bertz CT molecular complexity index is 1280. The quantitative estimate of drug-likeness (QED) is 0.298. The lowest BCUT2D eigenvalue weighted by molar-refractivity contribution is -0.151. The summed E-state index contributed by atoms with van der Waals surface area (Å²) >= 11 is 0. The van der Waals surface area contributed by atoms with Crippen LogP contribution in [0.5, 0.6) is 11.5 Å². The van der Waals surface area contributed by atoms with Crippen LogP contribution in [-0.2, 0) is 9.53 Å². The van der Waals surface area contributed by atoms with Gasteiger partial charge in [-0.15, -0.1) is 0 Å². The van der Waals surface area contributed by atoms with Gasteiger partial charge in [-0.3, -0.25) is 0 Å².